The van der Waals surface area contributed by atoms with Gasteiger partial charge in [0.25, 0.3) is 0 Å². The highest BCUT2D eigenvalue weighted by atomic mass is 32.1. The Morgan fingerprint density at radius 1 is 1.15 bits per heavy atom. The van der Waals surface area contributed by atoms with Crippen molar-refractivity contribution in [2.45, 2.75) is 37.0 Å². The molecule has 0 saturated carbocycles. The summed E-state index contributed by atoms with van der Waals surface area (Å²) in [6.45, 7) is -0.373. The molecule has 12 heteroatoms. The van der Waals surface area contributed by atoms with Crippen molar-refractivity contribution in [1.29, 1.82) is 0 Å². The first kappa shape index (κ1) is 22.5. The molecule has 26 heavy (non-hydrogen) atoms. The van der Waals surface area contributed by atoms with Gasteiger partial charge in [-0.15, -0.1) is 0 Å². The van der Waals surface area contributed by atoms with Crippen LogP contribution in [0.2, 0.25) is 0 Å². The van der Waals surface area contributed by atoms with Gasteiger partial charge in [0, 0.05) is 18.1 Å². The van der Waals surface area contributed by atoms with Gasteiger partial charge in [0.05, 0.1) is 12.6 Å². The highest BCUT2D eigenvalue weighted by Gasteiger charge is 2.37. The smallest absolute Gasteiger partial charge is 0.327 e. The van der Waals surface area contributed by atoms with E-state index in [2.05, 4.69) is 35.9 Å². The fourth-order valence-corrected chi connectivity index (χ4v) is 2.92. The van der Waals surface area contributed by atoms with Gasteiger partial charge in [0.1, 0.15) is 18.1 Å². The third-order valence-electron chi connectivity index (χ3n) is 3.97. The van der Waals surface area contributed by atoms with Crippen molar-refractivity contribution in [3.05, 3.63) is 0 Å². The number of aliphatic carboxylic acids is 1. The van der Waals surface area contributed by atoms with Gasteiger partial charge in [-0.05, 0) is 12.8 Å². The van der Waals surface area contributed by atoms with E-state index in [0.717, 1.165) is 0 Å². The summed E-state index contributed by atoms with van der Waals surface area (Å²) in [5.41, 5.74) is 5.67. The molecular formula is C14H24N4O6S2. The molecule has 0 aromatic rings. The van der Waals surface area contributed by atoms with E-state index < -0.39 is 54.5 Å². The molecule has 0 bridgehead atoms. The third-order valence-corrected chi connectivity index (χ3v) is 4.72. The quantitative estimate of drug-likeness (QED) is 0.203. The normalized spacial score (nSPS) is 20.2. The number of rotatable bonds is 9. The molecule has 0 aliphatic carbocycles. The number of nitrogens with zero attached hydrogens (tertiary/aromatic N) is 1. The maximum atomic E-state index is 12.4. The number of carbonyl (C=O) groups excluding carboxylic acids is 3. The summed E-state index contributed by atoms with van der Waals surface area (Å²) in [5.74, 6) is -3.20. The SMILES string of the molecule is NC(CS)C(=O)N1CCCC1C(=O)NC(CO)C(=O)NC(CS)C(=O)O. The molecule has 0 aromatic heterocycles. The highest BCUT2D eigenvalue weighted by molar-refractivity contribution is 7.80. The first-order valence-corrected chi connectivity index (χ1v) is 9.25. The predicted octanol–water partition coefficient (Wildman–Crippen LogP) is -2.79. The first-order chi connectivity index (χ1) is 12.3. The van der Waals surface area contributed by atoms with Crippen LogP contribution in [0.1, 0.15) is 12.8 Å². The van der Waals surface area contributed by atoms with Crippen LogP contribution >= 0.6 is 25.3 Å². The third kappa shape index (κ3) is 5.76. The summed E-state index contributed by atoms with van der Waals surface area (Å²) in [6.07, 6.45) is 0.991. The van der Waals surface area contributed by atoms with Crippen LogP contribution in [0.4, 0.5) is 0 Å². The number of carbonyl (C=O) groups is 4. The Morgan fingerprint density at radius 3 is 2.31 bits per heavy atom. The van der Waals surface area contributed by atoms with E-state index in [-0.39, 0.29) is 11.5 Å². The number of likely N-dealkylation sites (tertiary alicyclic amines) is 1. The van der Waals surface area contributed by atoms with E-state index in [1.807, 2.05) is 0 Å². The molecule has 0 spiro atoms. The standard InChI is InChI=1S/C14H24N4O6S2/c15-7(5-25)13(22)18-3-1-2-10(18)12(21)16-8(4-19)11(20)17-9(6-26)14(23)24/h7-10,19,25-26H,1-6,15H2,(H,16,21)(H,17,20)(H,23,24). The number of nitrogens with one attached hydrogen (secondary N) is 2. The minimum atomic E-state index is -1.35. The lowest BCUT2D eigenvalue weighted by Crippen LogP contribution is -2.58. The monoisotopic (exact) mass is 408 g/mol. The fourth-order valence-electron chi connectivity index (χ4n) is 2.51. The van der Waals surface area contributed by atoms with Crippen LogP contribution in [-0.4, -0.2) is 87.6 Å². The number of thiol groups is 2. The van der Waals surface area contributed by atoms with Crippen molar-refractivity contribution in [1.82, 2.24) is 15.5 Å². The van der Waals surface area contributed by atoms with E-state index in [4.69, 9.17) is 10.8 Å². The molecule has 1 saturated heterocycles. The second kappa shape index (κ2) is 10.6. The van der Waals surface area contributed by atoms with Gasteiger partial charge in [-0.25, -0.2) is 4.79 Å². The summed E-state index contributed by atoms with van der Waals surface area (Å²) in [7, 11) is 0. The fraction of sp³-hybridized carbons (Fsp3) is 0.714. The van der Waals surface area contributed by atoms with Crippen molar-refractivity contribution < 1.29 is 29.4 Å². The van der Waals surface area contributed by atoms with E-state index in [9.17, 15) is 24.3 Å². The molecule has 0 radical (unpaired) electrons. The van der Waals surface area contributed by atoms with Gasteiger partial charge in [0.15, 0.2) is 0 Å². The molecule has 1 aliphatic rings. The van der Waals surface area contributed by atoms with E-state index >= 15 is 0 Å². The Hall–Kier alpha value is -1.50. The number of hydrogen-bond donors (Lipinski definition) is 7. The van der Waals surface area contributed by atoms with Crippen molar-refractivity contribution in [2.75, 3.05) is 24.7 Å². The van der Waals surface area contributed by atoms with Gasteiger partial charge in [-0.3, -0.25) is 14.4 Å². The molecule has 3 amide bonds. The largest absolute Gasteiger partial charge is 0.480 e. The molecular weight excluding hydrogens is 384 g/mol. The molecule has 1 heterocycles. The summed E-state index contributed by atoms with van der Waals surface area (Å²) < 4.78 is 0. The Balaban J connectivity index is 2.74. The van der Waals surface area contributed by atoms with Gasteiger partial charge in [-0.2, -0.15) is 25.3 Å². The zero-order valence-corrected chi connectivity index (χ0v) is 15.8. The minimum absolute atomic E-state index is 0.131. The second-order valence-corrected chi connectivity index (χ2v) is 6.53. The van der Waals surface area contributed by atoms with Crippen LogP contribution in [0.15, 0.2) is 0 Å². The lowest BCUT2D eigenvalue weighted by molar-refractivity contribution is -0.142. The van der Waals surface area contributed by atoms with Crippen molar-refractivity contribution >= 4 is 48.9 Å². The van der Waals surface area contributed by atoms with Crippen LogP contribution < -0.4 is 16.4 Å². The Labute approximate surface area is 161 Å². The van der Waals surface area contributed by atoms with Crippen molar-refractivity contribution in [3.8, 4) is 0 Å². The van der Waals surface area contributed by atoms with Gasteiger partial charge in [-0.1, -0.05) is 0 Å². The van der Waals surface area contributed by atoms with E-state index in [1.54, 1.807) is 0 Å². The van der Waals surface area contributed by atoms with Gasteiger partial charge >= 0.3 is 5.97 Å². The summed E-state index contributed by atoms with van der Waals surface area (Å²) in [4.78, 5) is 49.0. The number of nitrogens with two attached hydrogens (primary N) is 1. The van der Waals surface area contributed by atoms with Crippen LogP contribution in [-0.2, 0) is 19.2 Å². The molecule has 4 unspecified atom stereocenters. The number of carboxylic acids is 1. The summed E-state index contributed by atoms with van der Waals surface area (Å²) in [5, 5.41) is 22.8. The van der Waals surface area contributed by atoms with E-state index in [0.29, 0.717) is 19.4 Å². The summed E-state index contributed by atoms with van der Waals surface area (Å²) in [6, 6.07) is -4.25. The average molecular weight is 409 g/mol. The average Bonchev–Trinajstić information content (AvgIpc) is 3.11. The molecule has 1 rings (SSSR count). The number of amides is 3. The molecule has 1 fully saturated rings. The zero-order chi connectivity index (χ0) is 19.9. The lowest BCUT2D eigenvalue weighted by Gasteiger charge is -2.27. The molecule has 6 N–H and O–H groups in total. The Kier molecular flexibility index (Phi) is 9.19. The second-order valence-electron chi connectivity index (χ2n) is 5.80. The van der Waals surface area contributed by atoms with E-state index in [1.165, 1.54) is 4.90 Å². The minimum Gasteiger partial charge on any atom is -0.480 e. The molecule has 0 aromatic carbocycles. The van der Waals surface area contributed by atoms with Crippen molar-refractivity contribution in [3.63, 3.8) is 0 Å². The maximum absolute atomic E-state index is 12.4. The molecule has 1 aliphatic heterocycles. The van der Waals surface area contributed by atoms with Gasteiger partial charge < -0.3 is 31.5 Å². The van der Waals surface area contributed by atoms with Crippen LogP contribution in [0, 0.1) is 0 Å². The molecule has 148 valence electrons. The topological polar surface area (TPSA) is 162 Å². The maximum Gasteiger partial charge on any atom is 0.327 e. The first-order valence-electron chi connectivity index (χ1n) is 7.99. The number of aliphatic hydroxyl groups excluding tert-OH is 1. The van der Waals surface area contributed by atoms with Crippen molar-refractivity contribution in [2.24, 2.45) is 5.73 Å². The van der Waals surface area contributed by atoms with Crippen LogP contribution in [0.3, 0.4) is 0 Å². The van der Waals surface area contributed by atoms with Crippen LogP contribution in [0.5, 0.6) is 0 Å². The lowest BCUT2D eigenvalue weighted by atomic mass is 10.1. The number of carboxylic acid groups (broad SMARTS) is 1. The predicted molar refractivity (Wildman–Crippen MR) is 99.0 cm³/mol. The Morgan fingerprint density at radius 2 is 1.81 bits per heavy atom. The zero-order valence-electron chi connectivity index (χ0n) is 14.0. The number of aliphatic hydroxyl groups is 1. The molecule has 10 nitrogen and oxygen atoms in total. The molecule has 4 atom stereocenters. The number of hydrogen-bond acceptors (Lipinski definition) is 8. The Bertz CT molecular complexity index is 550. The van der Waals surface area contributed by atoms with Gasteiger partial charge in [0.2, 0.25) is 17.7 Å². The highest BCUT2D eigenvalue weighted by Crippen LogP contribution is 2.18. The van der Waals surface area contributed by atoms with Crippen LogP contribution in [0.25, 0.3) is 0 Å². The summed E-state index contributed by atoms with van der Waals surface area (Å²) >= 11 is 7.79.